The van der Waals surface area contributed by atoms with Crippen LogP contribution in [0, 0.1) is 12.7 Å². The van der Waals surface area contributed by atoms with Crippen molar-refractivity contribution < 1.29 is 13.9 Å². The minimum Gasteiger partial charge on any atom is -0.464 e. The van der Waals surface area contributed by atoms with Crippen molar-refractivity contribution in [2.45, 2.75) is 6.92 Å². The zero-order valence-electron chi connectivity index (χ0n) is 7.87. The molecule has 0 bridgehead atoms. The third-order valence-electron chi connectivity index (χ3n) is 1.75. The van der Waals surface area contributed by atoms with E-state index in [1.165, 1.54) is 6.07 Å². The van der Waals surface area contributed by atoms with Gasteiger partial charge in [-0.1, -0.05) is 12.1 Å². The molecular weight excluding hydrogens is 183 g/mol. The highest BCUT2D eigenvalue weighted by molar-refractivity contribution is 5.50. The highest BCUT2D eigenvalue weighted by Gasteiger charge is 1.95. The van der Waals surface area contributed by atoms with Crippen LogP contribution < -0.4 is 0 Å². The lowest BCUT2D eigenvalue weighted by Crippen LogP contribution is -1.86. The summed E-state index contributed by atoms with van der Waals surface area (Å²) >= 11 is 0. The SMILES string of the molecule is Cc1cc(/C=C/COC=O)ccc1F. The summed E-state index contributed by atoms with van der Waals surface area (Å²) in [5.74, 6) is -0.216. The molecule has 0 aliphatic carbocycles. The smallest absolute Gasteiger partial charge is 0.293 e. The second kappa shape index (κ2) is 5.17. The molecule has 0 radical (unpaired) electrons. The molecule has 3 heteroatoms. The summed E-state index contributed by atoms with van der Waals surface area (Å²) in [6, 6.07) is 4.81. The Hall–Kier alpha value is -1.64. The Bertz CT molecular complexity index is 345. The first-order valence-electron chi connectivity index (χ1n) is 4.22. The number of carbonyl (C=O) groups is 1. The van der Waals surface area contributed by atoms with Gasteiger partial charge in [0.1, 0.15) is 12.4 Å². The maximum absolute atomic E-state index is 12.8. The molecule has 0 aromatic heterocycles. The first-order chi connectivity index (χ1) is 6.74. The fourth-order valence-corrected chi connectivity index (χ4v) is 1.05. The summed E-state index contributed by atoms with van der Waals surface area (Å²) in [5.41, 5.74) is 1.49. The van der Waals surface area contributed by atoms with Gasteiger partial charge >= 0.3 is 0 Å². The molecule has 0 N–H and O–H groups in total. The molecule has 1 rings (SSSR count). The van der Waals surface area contributed by atoms with E-state index in [1.807, 2.05) is 0 Å². The van der Waals surface area contributed by atoms with Crippen LogP contribution in [0.3, 0.4) is 0 Å². The highest BCUT2D eigenvalue weighted by Crippen LogP contribution is 2.10. The molecule has 0 amide bonds. The molecule has 0 unspecified atom stereocenters. The predicted molar refractivity (Wildman–Crippen MR) is 52.2 cm³/mol. The van der Waals surface area contributed by atoms with Gasteiger partial charge in [-0.15, -0.1) is 0 Å². The van der Waals surface area contributed by atoms with E-state index < -0.39 is 0 Å². The van der Waals surface area contributed by atoms with Gasteiger partial charge < -0.3 is 4.74 Å². The standard InChI is InChI=1S/C11H11FO2/c1-9-7-10(4-5-11(9)12)3-2-6-14-8-13/h2-5,7-8H,6H2,1H3/b3-2+. The molecule has 0 heterocycles. The molecule has 0 saturated heterocycles. The summed E-state index contributed by atoms with van der Waals surface area (Å²) < 4.78 is 17.3. The van der Waals surface area contributed by atoms with E-state index in [2.05, 4.69) is 4.74 Å². The summed E-state index contributed by atoms with van der Waals surface area (Å²) in [5, 5.41) is 0. The Kier molecular flexibility index (Phi) is 3.85. The van der Waals surface area contributed by atoms with Crippen molar-refractivity contribution in [3.63, 3.8) is 0 Å². The van der Waals surface area contributed by atoms with Gasteiger partial charge in [0.25, 0.3) is 6.47 Å². The van der Waals surface area contributed by atoms with E-state index in [9.17, 15) is 9.18 Å². The molecule has 0 atom stereocenters. The maximum atomic E-state index is 12.8. The predicted octanol–water partition coefficient (Wildman–Crippen LogP) is 2.32. The monoisotopic (exact) mass is 194 g/mol. The average Bonchev–Trinajstić information content (AvgIpc) is 2.18. The van der Waals surface area contributed by atoms with Crippen molar-refractivity contribution in [3.05, 3.63) is 41.2 Å². The molecule has 1 aromatic rings. The van der Waals surface area contributed by atoms with Crippen molar-refractivity contribution in [1.29, 1.82) is 0 Å². The number of halogens is 1. The van der Waals surface area contributed by atoms with Crippen molar-refractivity contribution in [2.75, 3.05) is 6.61 Å². The number of carbonyl (C=O) groups excluding carboxylic acids is 1. The van der Waals surface area contributed by atoms with E-state index in [1.54, 1.807) is 31.2 Å². The second-order valence-electron chi connectivity index (χ2n) is 2.84. The lowest BCUT2D eigenvalue weighted by Gasteiger charge is -1.97. The van der Waals surface area contributed by atoms with Crippen LogP contribution in [0.2, 0.25) is 0 Å². The number of hydrogen-bond acceptors (Lipinski definition) is 2. The Balaban J connectivity index is 2.63. The third-order valence-corrected chi connectivity index (χ3v) is 1.75. The molecule has 14 heavy (non-hydrogen) atoms. The Morgan fingerprint density at radius 2 is 2.29 bits per heavy atom. The van der Waals surface area contributed by atoms with Crippen molar-refractivity contribution in [3.8, 4) is 0 Å². The normalized spacial score (nSPS) is 10.4. The van der Waals surface area contributed by atoms with Gasteiger partial charge in [-0.05, 0) is 36.3 Å². The summed E-state index contributed by atoms with van der Waals surface area (Å²) in [7, 11) is 0. The van der Waals surface area contributed by atoms with Crippen LogP contribution in [0.5, 0.6) is 0 Å². The Morgan fingerprint density at radius 3 is 2.93 bits per heavy atom. The molecule has 0 spiro atoms. The molecule has 0 aliphatic heterocycles. The van der Waals surface area contributed by atoms with Gasteiger partial charge in [0.2, 0.25) is 0 Å². The average molecular weight is 194 g/mol. The topological polar surface area (TPSA) is 26.3 Å². The van der Waals surface area contributed by atoms with Crippen LogP contribution in [-0.2, 0) is 9.53 Å². The summed E-state index contributed by atoms with van der Waals surface area (Å²) in [6.07, 6.45) is 3.47. The first kappa shape index (κ1) is 10.4. The number of aryl methyl sites for hydroxylation is 1. The van der Waals surface area contributed by atoms with Gasteiger partial charge in [0, 0.05) is 0 Å². The van der Waals surface area contributed by atoms with Crippen molar-refractivity contribution in [1.82, 2.24) is 0 Å². The van der Waals surface area contributed by atoms with E-state index in [0.29, 0.717) is 12.0 Å². The number of rotatable bonds is 4. The van der Waals surface area contributed by atoms with Crippen molar-refractivity contribution in [2.24, 2.45) is 0 Å². The van der Waals surface area contributed by atoms with Gasteiger partial charge in [-0.25, -0.2) is 4.39 Å². The fraction of sp³-hybridized carbons (Fsp3) is 0.182. The number of hydrogen-bond donors (Lipinski definition) is 0. The largest absolute Gasteiger partial charge is 0.464 e. The zero-order valence-corrected chi connectivity index (χ0v) is 7.87. The molecule has 0 fully saturated rings. The maximum Gasteiger partial charge on any atom is 0.293 e. The Morgan fingerprint density at radius 1 is 1.50 bits per heavy atom. The van der Waals surface area contributed by atoms with Crippen LogP contribution in [0.1, 0.15) is 11.1 Å². The highest BCUT2D eigenvalue weighted by atomic mass is 19.1. The van der Waals surface area contributed by atoms with Crippen LogP contribution in [-0.4, -0.2) is 13.1 Å². The molecule has 2 nitrogen and oxygen atoms in total. The van der Waals surface area contributed by atoms with E-state index in [-0.39, 0.29) is 12.4 Å². The van der Waals surface area contributed by atoms with Crippen LogP contribution in [0.4, 0.5) is 4.39 Å². The van der Waals surface area contributed by atoms with Crippen LogP contribution >= 0.6 is 0 Å². The third kappa shape index (κ3) is 3.01. The molecule has 0 saturated carbocycles. The van der Waals surface area contributed by atoms with Crippen molar-refractivity contribution >= 4 is 12.5 Å². The number of benzene rings is 1. The number of ether oxygens (including phenoxy) is 1. The van der Waals surface area contributed by atoms with Gasteiger partial charge in [-0.3, -0.25) is 4.79 Å². The Labute approximate surface area is 82.0 Å². The summed E-state index contributed by atoms with van der Waals surface area (Å²) in [6.45, 7) is 2.33. The molecule has 1 aromatic carbocycles. The van der Waals surface area contributed by atoms with Gasteiger partial charge in [-0.2, -0.15) is 0 Å². The van der Waals surface area contributed by atoms with Crippen LogP contribution in [0.25, 0.3) is 6.08 Å². The zero-order chi connectivity index (χ0) is 10.4. The van der Waals surface area contributed by atoms with E-state index in [4.69, 9.17) is 0 Å². The van der Waals surface area contributed by atoms with Gasteiger partial charge in [0.05, 0.1) is 0 Å². The first-order valence-corrected chi connectivity index (χ1v) is 4.22. The summed E-state index contributed by atoms with van der Waals surface area (Å²) in [4.78, 5) is 9.81. The quantitative estimate of drug-likeness (QED) is 0.543. The lowest BCUT2D eigenvalue weighted by atomic mass is 10.1. The van der Waals surface area contributed by atoms with E-state index in [0.717, 1.165) is 5.56 Å². The lowest BCUT2D eigenvalue weighted by molar-refractivity contribution is -0.127. The second-order valence-corrected chi connectivity index (χ2v) is 2.84. The molecule has 0 aliphatic rings. The minimum absolute atomic E-state index is 0.216. The fourth-order valence-electron chi connectivity index (χ4n) is 1.05. The molecule has 74 valence electrons. The van der Waals surface area contributed by atoms with Gasteiger partial charge in [0.15, 0.2) is 0 Å². The van der Waals surface area contributed by atoms with Crippen LogP contribution in [0.15, 0.2) is 24.3 Å². The minimum atomic E-state index is -0.216. The molecular formula is C11H11FO2. The van der Waals surface area contributed by atoms with E-state index >= 15 is 0 Å².